The van der Waals surface area contributed by atoms with Crippen LogP contribution in [0, 0.1) is 11.8 Å². The maximum Gasteiger partial charge on any atom is 0.0308 e. The molecule has 1 unspecified atom stereocenters. The van der Waals surface area contributed by atoms with Crippen molar-refractivity contribution in [2.45, 2.75) is 97.3 Å². The van der Waals surface area contributed by atoms with Crippen molar-refractivity contribution in [1.29, 1.82) is 0 Å². The van der Waals surface area contributed by atoms with E-state index in [1.54, 1.807) is 0 Å². The van der Waals surface area contributed by atoms with Gasteiger partial charge in [0, 0.05) is 12.4 Å². The van der Waals surface area contributed by atoms with E-state index in [0.717, 1.165) is 18.3 Å². The molecule has 0 spiro atoms. The molecule has 1 heterocycles. The monoisotopic (exact) mass is 391 g/mol. The molecular formula is C28H41N. The molecule has 1 atom stereocenters. The van der Waals surface area contributed by atoms with Crippen LogP contribution in [0.1, 0.15) is 102 Å². The molecule has 1 fully saturated rings. The van der Waals surface area contributed by atoms with Gasteiger partial charge in [-0.25, -0.2) is 0 Å². The van der Waals surface area contributed by atoms with E-state index in [-0.39, 0.29) is 0 Å². The summed E-state index contributed by atoms with van der Waals surface area (Å²) in [5.74, 6) is 2.38. The third-order valence-corrected chi connectivity index (χ3v) is 7.35. The van der Waals surface area contributed by atoms with E-state index >= 15 is 0 Å². The number of benzene rings is 1. The summed E-state index contributed by atoms with van der Waals surface area (Å²) in [7, 11) is 0. The van der Waals surface area contributed by atoms with E-state index in [9.17, 15) is 0 Å². The summed E-state index contributed by atoms with van der Waals surface area (Å²) in [5.41, 5.74) is 5.71. The van der Waals surface area contributed by atoms with Crippen molar-refractivity contribution in [3.05, 3.63) is 53.9 Å². The minimum absolute atomic E-state index is 0.592. The number of nitrogens with zero attached hydrogens (tertiary/aromatic N) is 1. The van der Waals surface area contributed by atoms with Crippen molar-refractivity contribution in [3.8, 4) is 11.1 Å². The maximum absolute atomic E-state index is 4.52. The number of hydrogen-bond acceptors (Lipinski definition) is 1. The van der Waals surface area contributed by atoms with Gasteiger partial charge in [0.25, 0.3) is 0 Å². The molecule has 1 aliphatic carbocycles. The lowest BCUT2D eigenvalue weighted by atomic mass is 9.72. The topological polar surface area (TPSA) is 12.9 Å². The fourth-order valence-electron chi connectivity index (χ4n) is 5.37. The fourth-order valence-corrected chi connectivity index (χ4v) is 5.37. The molecule has 0 N–H and O–H groups in total. The Bertz CT molecular complexity index is 727. The van der Waals surface area contributed by atoms with Crippen LogP contribution in [0.2, 0.25) is 0 Å². The van der Waals surface area contributed by atoms with Crippen LogP contribution in [0.25, 0.3) is 11.1 Å². The summed E-state index contributed by atoms with van der Waals surface area (Å²) in [6.45, 7) is 7.01. The maximum atomic E-state index is 4.52. The Labute approximate surface area is 179 Å². The molecule has 0 radical (unpaired) electrons. The molecule has 1 aromatic heterocycles. The Hall–Kier alpha value is -1.63. The number of rotatable bonds is 10. The Kier molecular flexibility index (Phi) is 8.77. The molecule has 0 aliphatic heterocycles. The Morgan fingerprint density at radius 1 is 0.897 bits per heavy atom. The average Bonchev–Trinajstić information content (AvgIpc) is 2.79. The highest BCUT2D eigenvalue weighted by molar-refractivity contribution is 5.70. The quantitative estimate of drug-likeness (QED) is 0.369. The molecule has 1 heteroatoms. The van der Waals surface area contributed by atoms with Crippen molar-refractivity contribution >= 4 is 0 Å². The predicted molar refractivity (Wildman–Crippen MR) is 126 cm³/mol. The number of pyridine rings is 1. The molecule has 1 nitrogen and oxygen atoms in total. The first-order valence-electron chi connectivity index (χ1n) is 12.3. The van der Waals surface area contributed by atoms with Gasteiger partial charge >= 0.3 is 0 Å². The Morgan fingerprint density at radius 3 is 2.41 bits per heavy atom. The van der Waals surface area contributed by atoms with Gasteiger partial charge in [0.15, 0.2) is 0 Å². The van der Waals surface area contributed by atoms with Crippen LogP contribution >= 0.6 is 0 Å². The minimum Gasteiger partial charge on any atom is -0.264 e. The second-order valence-electron chi connectivity index (χ2n) is 9.25. The summed E-state index contributed by atoms with van der Waals surface area (Å²) >= 11 is 0. The zero-order valence-corrected chi connectivity index (χ0v) is 19.0. The van der Waals surface area contributed by atoms with Gasteiger partial charge in [-0.1, -0.05) is 96.4 Å². The van der Waals surface area contributed by atoms with E-state index in [4.69, 9.17) is 0 Å². The van der Waals surface area contributed by atoms with Crippen molar-refractivity contribution < 1.29 is 0 Å². The molecule has 29 heavy (non-hydrogen) atoms. The van der Waals surface area contributed by atoms with Crippen LogP contribution in [0.4, 0.5) is 0 Å². The van der Waals surface area contributed by atoms with Crippen LogP contribution in [0.15, 0.2) is 42.7 Å². The summed E-state index contributed by atoms with van der Waals surface area (Å²) in [5, 5.41) is 0. The van der Waals surface area contributed by atoms with Crippen molar-refractivity contribution in [2.24, 2.45) is 11.8 Å². The Morgan fingerprint density at radius 2 is 1.66 bits per heavy atom. The molecule has 3 rings (SSSR count). The van der Waals surface area contributed by atoms with Crippen molar-refractivity contribution in [3.63, 3.8) is 0 Å². The molecule has 0 bridgehead atoms. The van der Waals surface area contributed by atoms with Crippen LogP contribution < -0.4 is 0 Å². The molecule has 158 valence electrons. The van der Waals surface area contributed by atoms with Gasteiger partial charge in [0.2, 0.25) is 0 Å². The normalized spacial score (nSPS) is 20.5. The van der Waals surface area contributed by atoms with Crippen molar-refractivity contribution in [1.82, 2.24) is 4.98 Å². The minimum atomic E-state index is 0.592. The lowest BCUT2D eigenvalue weighted by Crippen LogP contribution is -2.19. The average molecular weight is 392 g/mol. The van der Waals surface area contributed by atoms with Gasteiger partial charge in [-0.15, -0.1) is 0 Å². The largest absolute Gasteiger partial charge is 0.264 e. The molecule has 0 saturated heterocycles. The smallest absolute Gasteiger partial charge is 0.0308 e. The van der Waals surface area contributed by atoms with E-state index in [1.807, 2.05) is 6.20 Å². The Balaban J connectivity index is 1.61. The predicted octanol–water partition coefficient (Wildman–Crippen LogP) is 8.58. The van der Waals surface area contributed by atoms with E-state index < -0.39 is 0 Å². The first-order chi connectivity index (χ1) is 14.2. The number of aryl methyl sites for hydroxylation is 1. The van der Waals surface area contributed by atoms with E-state index in [2.05, 4.69) is 62.3 Å². The summed E-state index contributed by atoms with van der Waals surface area (Å²) in [4.78, 5) is 4.52. The fraction of sp³-hybridized carbons (Fsp3) is 0.607. The van der Waals surface area contributed by atoms with Gasteiger partial charge in [0.1, 0.15) is 0 Å². The molecule has 1 aliphatic rings. The highest BCUT2D eigenvalue weighted by atomic mass is 14.6. The molecule has 0 amide bonds. The zero-order chi connectivity index (χ0) is 20.5. The van der Waals surface area contributed by atoms with Crippen LogP contribution in [0.3, 0.4) is 0 Å². The van der Waals surface area contributed by atoms with Gasteiger partial charge in [-0.2, -0.15) is 0 Å². The molecule has 1 saturated carbocycles. The highest BCUT2D eigenvalue weighted by Crippen LogP contribution is 2.42. The van der Waals surface area contributed by atoms with Gasteiger partial charge in [-0.3, -0.25) is 4.98 Å². The van der Waals surface area contributed by atoms with Gasteiger partial charge in [0.05, 0.1) is 0 Å². The van der Waals surface area contributed by atoms with Gasteiger partial charge in [-0.05, 0) is 65.3 Å². The second-order valence-corrected chi connectivity index (χ2v) is 9.25. The third-order valence-electron chi connectivity index (χ3n) is 7.35. The zero-order valence-electron chi connectivity index (χ0n) is 19.0. The van der Waals surface area contributed by atoms with E-state index in [0.29, 0.717) is 5.92 Å². The third kappa shape index (κ3) is 5.93. The molecular weight excluding hydrogens is 350 g/mol. The molecule has 1 aromatic carbocycles. The summed E-state index contributed by atoms with van der Waals surface area (Å²) < 4.78 is 0. The second kappa shape index (κ2) is 11.5. The number of aromatic nitrogens is 1. The standard InChI is InChI=1S/C28H41N/c1-4-6-7-8-9-12-23-15-17-25(18-16-23)22(3)28-21-29-20-19-27(28)26-14-11-10-13-24(26)5-2/h10-11,13-14,19-23,25H,4-9,12,15-18H2,1-3H3. The molecule has 2 aromatic rings. The summed E-state index contributed by atoms with van der Waals surface area (Å²) in [6, 6.07) is 11.1. The van der Waals surface area contributed by atoms with Gasteiger partial charge < -0.3 is 0 Å². The van der Waals surface area contributed by atoms with Crippen LogP contribution in [-0.2, 0) is 6.42 Å². The summed E-state index contributed by atoms with van der Waals surface area (Å²) in [6.07, 6.45) is 19.4. The van der Waals surface area contributed by atoms with E-state index in [1.165, 1.54) is 86.5 Å². The first-order valence-corrected chi connectivity index (χ1v) is 12.3. The lowest BCUT2D eigenvalue weighted by molar-refractivity contribution is 0.236. The SMILES string of the molecule is CCCCCCCC1CCC(C(C)c2cnccc2-c2ccccc2CC)CC1. The van der Waals surface area contributed by atoms with Crippen molar-refractivity contribution in [2.75, 3.05) is 0 Å². The highest BCUT2D eigenvalue weighted by Gasteiger charge is 2.27. The first kappa shape index (κ1) is 22.1. The van der Waals surface area contributed by atoms with Crippen LogP contribution in [0.5, 0.6) is 0 Å². The number of hydrogen-bond donors (Lipinski definition) is 0. The lowest BCUT2D eigenvalue weighted by Gasteiger charge is -2.33. The number of unbranched alkanes of at least 4 members (excludes halogenated alkanes) is 4. The van der Waals surface area contributed by atoms with Crippen LogP contribution in [-0.4, -0.2) is 4.98 Å².